The van der Waals surface area contributed by atoms with E-state index in [4.69, 9.17) is 0 Å². The molecule has 94 valence electrons. The maximum absolute atomic E-state index is 11.8. The van der Waals surface area contributed by atoms with E-state index in [9.17, 15) is 4.79 Å². The normalized spacial score (nSPS) is 17.1. The number of aliphatic imine (C=N–C) groups is 1. The third kappa shape index (κ3) is 2.82. The molecule has 0 aromatic heterocycles. The van der Waals surface area contributed by atoms with Gasteiger partial charge in [0.15, 0.2) is 5.17 Å². The van der Waals surface area contributed by atoms with Crippen molar-refractivity contribution in [2.45, 2.75) is 13.8 Å². The van der Waals surface area contributed by atoms with Crippen molar-refractivity contribution in [1.82, 2.24) is 4.90 Å². The van der Waals surface area contributed by atoms with Crippen LogP contribution in [0, 0.1) is 0 Å². The second kappa shape index (κ2) is 5.87. The third-order valence-corrected chi connectivity index (χ3v) is 3.78. The molecule has 18 heavy (non-hydrogen) atoms. The fourth-order valence-electron chi connectivity index (χ4n) is 1.73. The fraction of sp³-hybridized carbons (Fsp3) is 0.286. The summed E-state index contributed by atoms with van der Waals surface area (Å²) < 4.78 is 0. The van der Waals surface area contributed by atoms with Crippen LogP contribution < -0.4 is 0 Å². The number of amides is 1. The molecule has 0 N–H and O–H groups in total. The van der Waals surface area contributed by atoms with Crippen molar-refractivity contribution in [3.05, 3.63) is 40.8 Å². The van der Waals surface area contributed by atoms with Crippen LogP contribution in [0.25, 0.3) is 6.08 Å². The van der Waals surface area contributed by atoms with Crippen molar-refractivity contribution in [2.75, 3.05) is 13.1 Å². The maximum Gasteiger partial charge on any atom is 0.286 e. The molecule has 1 heterocycles. The molecule has 1 amide bonds. The number of benzene rings is 1. The molecule has 0 saturated heterocycles. The summed E-state index contributed by atoms with van der Waals surface area (Å²) in [5.41, 5.74) is 1.03. The highest BCUT2D eigenvalue weighted by Gasteiger charge is 2.24. The number of thioether (sulfide) groups is 1. The van der Waals surface area contributed by atoms with Gasteiger partial charge in [0, 0.05) is 13.1 Å². The van der Waals surface area contributed by atoms with Gasteiger partial charge in [0.25, 0.3) is 5.91 Å². The van der Waals surface area contributed by atoms with E-state index in [1.54, 1.807) is 0 Å². The zero-order valence-electron chi connectivity index (χ0n) is 10.6. The van der Waals surface area contributed by atoms with Gasteiger partial charge < -0.3 is 4.90 Å². The van der Waals surface area contributed by atoms with Crippen LogP contribution >= 0.6 is 11.8 Å². The van der Waals surface area contributed by atoms with Crippen molar-refractivity contribution in [2.24, 2.45) is 4.99 Å². The highest BCUT2D eigenvalue weighted by molar-refractivity contribution is 8.18. The Kier molecular flexibility index (Phi) is 4.20. The van der Waals surface area contributed by atoms with Crippen LogP contribution in [0.5, 0.6) is 0 Å². The number of amidine groups is 1. The minimum Gasteiger partial charge on any atom is -0.351 e. The molecule has 0 radical (unpaired) electrons. The minimum atomic E-state index is -0.134. The number of hydrogen-bond donors (Lipinski definition) is 0. The Labute approximate surface area is 112 Å². The number of hydrogen-bond acceptors (Lipinski definition) is 3. The quantitative estimate of drug-likeness (QED) is 0.783. The molecule has 0 bridgehead atoms. The Bertz CT molecular complexity index is 490. The summed E-state index contributed by atoms with van der Waals surface area (Å²) in [4.78, 5) is 18.7. The van der Waals surface area contributed by atoms with Crippen LogP contribution in [-0.4, -0.2) is 29.1 Å². The van der Waals surface area contributed by atoms with E-state index in [0.717, 1.165) is 23.8 Å². The molecule has 0 fully saturated rings. The number of nitrogens with zero attached hydrogens (tertiary/aromatic N) is 2. The van der Waals surface area contributed by atoms with Gasteiger partial charge in [-0.3, -0.25) is 4.79 Å². The topological polar surface area (TPSA) is 32.7 Å². The first-order valence-corrected chi connectivity index (χ1v) is 6.88. The van der Waals surface area contributed by atoms with Gasteiger partial charge in [0.2, 0.25) is 0 Å². The first kappa shape index (κ1) is 12.9. The molecule has 1 aromatic carbocycles. The Morgan fingerprint density at radius 2 is 1.89 bits per heavy atom. The molecule has 0 atom stereocenters. The van der Waals surface area contributed by atoms with Gasteiger partial charge in [-0.2, -0.15) is 4.99 Å². The summed E-state index contributed by atoms with van der Waals surface area (Å²) in [5, 5.41) is 0.812. The predicted molar refractivity (Wildman–Crippen MR) is 77.4 cm³/mol. The standard InChI is InChI=1S/C14H16N2OS/c1-3-16(4-2)14-15-13(17)12(18-14)10-11-8-6-5-7-9-11/h5-10H,3-4H2,1-2H3/b12-10-. The molecular formula is C14H16N2OS. The van der Waals surface area contributed by atoms with Gasteiger partial charge in [-0.1, -0.05) is 30.3 Å². The van der Waals surface area contributed by atoms with E-state index in [-0.39, 0.29) is 5.91 Å². The van der Waals surface area contributed by atoms with Gasteiger partial charge >= 0.3 is 0 Å². The molecule has 0 saturated carbocycles. The van der Waals surface area contributed by atoms with E-state index in [2.05, 4.69) is 23.7 Å². The Balaban J connectivity index is 2.16. The lowest BCUT2D eigenvalue weighted by atomic mass is 10.2. The van der Waals surface area contributed by atoms with Gasteiger partial charge in [-0.05, 0) is 37.2 Å². The SMILES string of the molecule is CCN(CC)C1=NC(=O)/C(=C/c2ccccc2)S1. The summed E-state index contributed by atoms with van der Waals surface area (Å²) in [6.07, 6.45) is 1.90. The third-order valence-electron chi connectivity index (χ3n) is 2.74. The van der Waals surface area contributed by atoms with Crippen molar-refractivity contribution in [3.8, 4) is 0 Å². The second-order valence-corrected chi connectivity index (χ2v) is 4.90. The average molecular weight is 260 g/mol. The monoisotopic (exact) mass is 260 g/mol. The van der Waals surface area contributed by atoms with Crippen LogP contribution in [0.1, 0.15) is 19.4 Å². The first-order chi connectivity index (χ1) is 8.74. The molecule has 1 aliphatic rings. The van der Waals surface area contributed by atoms with E-state index in [0.29, 0.717) is 4.91 Å². The summed E-state index contributed by atoms with van der Waals surface area (Å²) in [6, 6.07) is 9.85. The minimum absolute atomic E-state index is 0.134. The van der Waals surface area contributed by atoms with Crippen LogP contribution in [0.2, 0.25) is 0 Å². The predicted octanol–water partition coefficient (Wildman–Crippen LogP) is 3.00. The van der Waals surface area contributed by atoms with Crippen LogP contribution in [0.4, 0.5) is 0 Å². The molecule has 0 spiro atoms. The summed E-state index contributed by atoms with van der Waals surface area (Å²) in [5.74, 6) is -0.134. The zero-order valence-corrected chi connectivity index (χ0v) is 11.4. The fourth-order valence-corrected chi connectivity index (χ4v) is 2.77. The highest BCUT2D eigenvalue weighted by Crippen LogP contribution is 2.29. The molecule has 4 heteroatoms. The average Bonchev–Trinajstić information content (AvgIpc) is 2.74. The number of carbonyl (C=O) groups is 1. The molecule has 3 nitrogen and oxygen atoms in total. The van der Waals surface area contributed by atoms with Gasteiger partial charge in [0.05, 0.1) is 4.91 Å². The lowest BCUT2D eigenvalue weighted by Gasteiger charge is -2.18. The summed E-state index contributed by atoms with van der Waals surface area (Å²) >= 11 is 1.46. The molecule has 1 aliphatic heterocycles. The van der Waals surface area contributed by atoms with E-state index < -0.39 is 0 Å². The Morgan fingerprint density at radius 1 is 1.22 bits per heavy atom. The van der Waals surface area contributed by atoms with E-state index in [1.807, 2.05) is 36.4 Å². The van der Waals surface area contributed by atoms with Gasteiger partial charge in [0.1, 0.15) is 0 Å². The first-order valence-electron chi connectivity index (χ1n) is 6.07. The summed E-state index contributed by atoms with van der Waals surface area (Å²) in [7, 11) is 0. The lowest BCUT2D eigenvalue weighted by Crippen LogP contribution is -2.26. The molecule has 2 rings (SSSR count). The highest BCUT2D eigenvalue weighted by atomic mass is 32.2. The van der Waals surface area contributed by atoms with Crippen molar-refractivity contribution >= 4 is 28.9 Å². The second-order valence-electron chi connectivity index (χ2n) is 3.89. The Morgan fingerprint density at radius 3 is 2.50 bits per heavy atom. The molecular weight excluding hydrogens is 244 g/mol. The largest absolute Gasteiger partial charge is 0.351 e. The summed E-state index contributed by atoms with van der Waals surface area (Å²) in [6.45, 7) is 5.87. The smallest absolute Gasteiger partial charge is 0.286 e. The molecule has 1 aromatic rings. The van der Waals surface area contributed by atoms with Crippen molar-refractivity contribution in [1.29, 1.82) is 0 Å². The van der Waals surface area contributed by atoms with Crippen LogP contribution in [-0.2, 0) is 4.79 Å². The lowest BCUT2D eigenvalue weighted by molar-refractivity contribution is -0.113. The van der Waals surface area contributed by atoms with Crippen molar-refractivity contribution in [3.63, 3.8) is 0 Å². The van der Waals surface area contributed by atoms with E-state index >= 15 is 0 Å². The number of rotatable bonds is 3. The van der Waals surface area contributed by atoms with Gasteiger partial charge in [-0.15, -0.1) is 0 Å². The maximum atomic E-state index is 11.8. The Hall–Kier alpha value is -1.55. The number of carbonyl (C=O) groups excluding carboxylic acids is 1. The van der Waals surface area contributed by atoms with Crippen LogP contribution in [0.15, 0.2) is 40.2 Å². The van der Waals surface area contributed by atoms with Gasteiger partial charge in [-0.25, -0.2) is 0 Å². The van der Waals surface area contributed by atoms with Crippen molar-refractivity contribution < 1.29 is 4.79 Å². The van der Waals surface area contributed by atoms with E-state index in [1.165, 1.54) is 11.8 Å². The molecule has 0 unspecified atom stereocenters. The molecule has 0 aliphatic carbocycles. The zero-order chi connectivity index (χ0) is 13.0. The van der Waals surface area contributed by atoms with Crippen LogP contribution in [0.3, 0.4) is 0 Å².